The number of hydrogen-bond donors (Lipinski definition) is 1. The maximum atomic E-state index is 11.2. The minimum Gasteiger partial charge on any atom is -0.532 e. The molecule has 0 atom stereocenters. The summed E-state index contributed by atoms with van der Waals surface area (Å²) in [5.41, 5.74) is 2.62. The van der Waals surface area contributed by atoms with Crippen LogP contribution in [0.15, 0.2) is 5.22 Å². The molecule has 0 unspecified atom stereocenters. The molecule has 0 aromatic rings. The predicted molar refractivity (Wildman–Crippen MR) is 43.5 cm³/mol. The van der Waals surface area contributed by atoms with Crippen LogP contribution in [-0.4, -0.2) is 47.2 Å². The Balaban J connectivity index is 2.30. The molecule has 0 aromatic carbocycles. The number of hydrazine groups is 1. The number of nitrogens with one attached hydrogen (secondary N) is 1. The van der Waals surface area contributed by atoms with Gasteiger partial charge >= 0.3 is 0 Å². The van der Waals surface area contributed by atoms with Crippen molar-refractivity contribution in [2.45, 2.75) is 0 Å². The average Bonchev–Trinajstić information content (AvgIpc) is 2.35. The zero-order valence-corrected chi connectivity index (χ0v) is 7.84. The van der Waals surface area contributed by atoms with Gasteiger partial charge in [-0.2, -0.15) is 0 Å². The van der Waals surface area contributed by atoms with E-state index in [4.69, 9.17) is 12.8 Å². The van der Waals surface area contributed by atoms with Gasteiger partial charge in [-0.15, -0.1) is 0 Å². The Kier molecular flexibility index (Phi) is 2.77. The van der Waals surface area contributed by atoms with Crippen LogP contribution in [0.2, 0.25) is 0 Å². The van der Waals surface area contributed by atoms with Crippen molar-refractivity contribution in [1.82, 2.24) is 15.4 Å². The molecular formula is C5H11N5OS. The zero-order chi connectivity index (χ0) is 9.14. The van der Waals surface area contributed by atoms with Crippen molar-refractivity contribution >= 4 is 18.7 Å². The van der Waals surface area contributed by atoms with Gasteiger partial charge in [0.1, 0.15) is 6.54 Å². The maximum absolute atomic E-state index is 11.2. The molecule has 7 heteroatoms. The second-order valence-corrected chi connectivity index (χ2v) is 3.10. The number of likely N-dealkylation sites (N-methyl/N-ethyl adjacent to an activating group) is 1. The van der Waals surface area contributed by atoms with Gasteiger partial charge in [-0.25, -0.2) is 0 Å². The summed E-state index contributed by atoms with van der Waals surface area (Å²) in [6, 6.07) is 0. The molecule has 0 bridgehead atoms. The van der Waals surface area contributed by atoms with Crippen molar-refractivity contribution in [2.75, 3.05) is 27.3 Å². The Bertz CT molecular complexity index is 216. The molecule has 0 aliphatic carbocycles. The van der Waals surface area contributed by atoms with Crippen molar-refractivity contribution in [2.24, 2.45) is 5.22 Å². The van der Waals surface area contributed by atoms with Gasteiger partial charge in [0.05, 0.1) is 5.22 Å². The van der Waals surface area contributed by atoms with E-state index >= 15 is 0 Å². The third-order valence-electron chi connectivity index (χ3n) is 1.41. The largest absolute Gasteiger partial charge is 0.532 e. The van der Waals surface area contributed by atoms with Crippen LogP contribution in [0.25, 0.3) is 0 Å². The van der Waals surface area contributed by atoms with Gasteiger partial charge in [-0.3, -0.25) is 8.90 Å². The van der Waals surface area contributed by atoms with Gasteiger partial charge in [-0.1, -0.05) is 10.5 Å². The van der Waals surface area contributed by atoms with Crippen molar-refractivity contribution in [1.29, 1.82) is 0 Å². The fourth-order valence-electron chi connectivity index (χ4n) is 0.712. The summed E-state index contributed by atoms with van der Waals surface area (Å²) in [5, 5.41) is 5.32. The van der Waals surface area contributed by atoms with Crippen LogP contribution in [0.3, 0.4) is 0 Å². The van der Waals surface area contributed by atoms with Gasteiger partial charge in [0, 0.05) is 14.1 Å². The van der Waals surface area contributed by atoms with Crippen LogP contribution in [0, 0.1) is 0 Å². The fourth-order valence-corrected chi connectivity index (χ4v) is 0.888. The SMILES string of the molecule is CN(C)C(=O)CN1C[N+]([S-])=NN1. The molecule has 0 saturated carbocycles. The highest BCUT2D eigenvalue weighted by Crippen LogP contribution is 1.93. The number of rotatable bonds is 2. The third kappa shape index (κ3) is 2.28. The molecule has 0 aromatic heterocycles. The molecule has 12 heavy (non-hydrogen) atoms. The molecule has 1 heterocycles. The highest BCUT2D eigenvalue weighted by atomic mass is 32.1. The van der Waals surface area contributed by atoms with Crippen molar-refractivity contribution in [3.63, 3.8) is 0 Å². The van der Waals surface area contributed by atoms with Crippen molar-refractivity contribution < 1.29 is 8.90 Å². The Morgan fingerprint density at radius 2 is 2.50 bits per heavy atom. The van der Waals surface area contributed by atoms with E-state index in [1.54, 1.807) is 19.1 Å². The summed E-state index contributed by atoms with van der Waals surface area (Å²) in [6.45, 7) is 0.735. The van der Waals surface area contributed by atoms with Gasteiger partial charge in [0.25, 0.3) is 0 Å². The van der Waals surface area contributed by atoms with E-state index in [0.717, 1.165) is 0 Å². The van der Waals surface area contributed by atoms with E-state index in [0.29, 0.717) is 6.67 Å². The Labute approximate surface area is 76.3 Å². The Morgan fingerprint density at radius 1 is 1.83 bits per heavy atom. The Morgan fingerprint density at radius 3 is 2.92 bits per heavy atom. The molecule has 1 N–H and O–H groups in total. The first-order valence-corrected chi connectivity index (χ1v) is 3.82. The lowest BCUT2D eigenvalue weighted by Gasteiger charge is -2.12. The predicted octanol–water partition coefficient (Wildman–Crippen LogP) is -1.31. The van der Waals surface area contributed by atoms with E-state index < -0.39 is 0 Å². The molecule has 0 radical (unpaired) electrons. The molecule has 68 valence electrons. The molecule has 0 fully saturated rings. The van der Waals surface area contributed by atoms with Crippen LogP contribution in [-0.2, 0) is 17.6 Å². The summed E-state index contributed by atoms with van der Waals surface area (Å²) >= 11 is 4.74. The van der Waals surface area contributed by atoms with E-state index in [1.807, 2.05) is 0 Å². The van der Waals surface area contributed by atoms with E-state index in [2.05, 4.69) is 10.8 Å². The summed E-state index contributed by atoms with van der Waals surface area (Å²) in [6.07, 6.45) is 0. The summed E-state index contributed by atoms with van der Waals surface area (Å²) in [7, 11) is 3.42. The fraction of sp³-hybridized carbons (Fsp3) is 0.800. The summed E-state index contributed by atoms with van der Waals surface area (Å²) in [4.78, 5) is 12.7. The van der Waals surface area contributed by atoms with Crippen molar-refractivity contribution in [3.05, 3.63) is 0 Å². The normalized spacial score (nSPS) is 17.0. The number of carbonyl (C=O) groups is 1. The zero-order valence-electron chi connectivity index (χ0n) is 7.02. The molecule has 1 rings (SSSR count). The minimum absolute atomic E-state index is 0.0167. The summed E-state index contributed by atoms with van der Waals surface area (Å²) < 4.78 is 1.31. The topological polar surface area (TPSA) is 51.0 Å². The van der Waals surface area contributed by atoms with Crippen LogP contribution < -0.4 is 5.53 Å². The molecule has 1 aliphatic heterocycles. The third-order valence-corrected chi connectivity index (χ3v) is 1.61. The van der Waals surface area contributed by atoms with Crippen LogP contribution in [0.5, 0.6) is 0 Å². The minimum atomic E-state index is 0.0167. The maximum Gasteiger partial charge on any atom is 0.240 e. The molecule has 1 aliphatic rings. The van der Waals surface area contributed by atoms with Crippen LogP contribution in [0.1, 0.15) is 0 Å². The standard InChI is InChI=1S/C5H11N5OS/c1-8(2)5(11)3-9-4-10(12)7-6-9/h6H,3-4H2,1-2H3. The van der Waals surface area contributed by atoms with Gasteiger partial charge in [0.2, 0.25) is 5.91 Å². The Hall–Kier alpha value is -0.950. The second-order valence-electron chi connectivity index (χ2n) is 2.68. The van der Waals surface area contributed by atoms with Crippen LogP contribution >= 0.6 is 0 Å². The molecule has 0 spiro atoms. The quantitative estimate of drug-likeness (QED) is 0.433. The first kappa shape index (κ1) is 9.14. The average molecular weight is 189 g/mol. The lowest BCUT2D eigenvalue weighted by molar-refractivity contribution is -0.422. The first-order valence-electron chi connectivity index (χ1n) is 3.45. The van der Waals surface area contributed by atoms with E-state index in [1.165, 1.54) is 9.00 Å². The summed E-state index contributed by atoms with van der Waals surface area (Å²) in [5.74, 6) is 0.0167. The monoisotopic (exact) mass is 189 g/mol. The molecular weight excluding hydrogens is 178 g/mol. The highest BCUT2D eigenvalue weighted by Gasteiger charge is 2.19. The van der Waals surface area contributed by atoms with Gasteiger partial charge < -0.3 is 17.7 Å². The smallest absolute Gasteiger partial charge is 0.240 e. The second kappa shape index (κ2) is 3.63. The number of carbonyl (C=O) groups excluding carboxylic acids is 1. The lowest BCUT2D eigenvalue weighted by atomic mass is 10.5. The lowest BCUT2D eigenvalue weighted by Crippen LogP contribution is -2.40. The molecule has 6 nitrogen and oxygen atoms in total. The van der Waals surface area contributed by atoms with Gasteiger partial charge in [-0.05, 0) is 0 Å². The van der Waals surface area contributed by atoms with Gasteiger partial charge in [0.15, 0.2) is 6.67 Å². The van der Waals surface area contributed by atoms with Crippen LogP contribution in [0.4, 0.5) is 0 Å². The van der Waals surface area contributed by atoms with E-state index in [-0.39, 0.29) is 12.5 Å². The highest BCUT2D eigenvalue weighted by molar-refractivity contribution is 7.51. The number of nitrogens with zero attached hydrogens (tertiary/aromatic N) is 4. The molecule has 1 amide bonds. The molecule has 0 saturated heterocycles. The first-order chi connectivity index (χ1) is 5.59. The van der Waals surface area contributed by atoms with E-state index in [9.17, 15) is 4.79 Å². The van der Waals surface area contributed by atoms with Crippen molar-refractivity contribution in [3.8, 4) is 0 Å². The number of hydrogen-bond acceptors (Lipinski definition) is 5. The number of amides is 1.